The van der Waals surface area contributed by atoms with Gasteiger partial charge < -0.3 is 5.32 Å². The van der Waals surface area contributed by atoms with Crippen molar-refractivity contribution in [1.82, 2.24) is 0 Å². The molecule has 0 saturated heterocycles. The molecule has 0 spiro atoms. The van der Waals surface area contributed by atoms with Crippen molar-refractivity contribution in [2.24, 2.45) is 0 Å². The van der Waals surface area contributed by atoms with E-state index in [1.165, 1.54) is 0 Å². The summed E-state index contributed by atoms with van der Waals surface area (Å²) in [6.45, 7) is 2.04. The van der Waals surface area contributed by atoms with E-state index >= 15 is 0 Å². The maximum Gasteiger partial charge on any atom is 0.178 e. The van der Waals surface area contributed by atoms with Crippen LogP contribution in [0.15, 0.2) is 51.8 Å². The fourth-order valence-electron chi connectivity index (χ4n) is 2.69. The van der Waals surface area contributed by atoms with Crippen molar-refractivity contribution in [2.45, 2.75) is 24.3 Å². The summed E-state index contributed by atoms with van der Waals surface area (Å²) >= 11 is 3.59. The molecule has 1 N–H and O–H groups in total. The van der Waals surface area contributed by atoms with Crippen molar-refractivity contribution >= 4 is 31.5 Å². The maximum atomic E-state index is 12.2. The zero-order valence-corrected chi connectivity index (χ0v) is 14.0. The second-order valence-electron chi connectivity index (χ2n) is 5.28. The number of anilines is 1. The lowest BCUT2D eigenvalue weighted by atomic mass is 10.0. The van der Waals surface area contributed by atoms with E-state index in [1.54, 1.807) is 12.1 Å². The zero-order chi connectivity index (χ0) is 15.0. The SMILES string of the molecule is Cc1cccc(NC2CCS(=O)(=O)c3ccccc32)c1Br. The van der Waals surface area contributed by atoms with E-state index < -0.39 is 9.84 Å². The van der Waals surface area contributed by atoms with Crippen LogP contribution in [-0.4, -0.2) is 14.2 Å². The standard InChI is InChI=1S/C16H16BrNO2S/c1-11-5-4-7-14(16(11)17)18-13-9-10-21(19,20)15-8-3-2-6-12(13)15/h2-8,13,18H,9-10H2,1H3. The third-order valence-corrected chi connectivity index (χ3v) is 6.69. The normalized spacial score (nSPS) is 19.8. The molecule has 21 heavy (non-hydrogen) atoms. The van der Waals surface area contributed by atoms with Gasteiger partial charge in [-0.3, -0.25) is 0 Å². The van der Waals surface area contributed by atoms with E-state index in [1.807, 2.05) is 37.3 Å². The summed E-state index contributed by atoms with van der Waals surface area (Å²) < 4.78 is 25.3. The number of hydrogen-bond acceptors (Lipinski definition) is 3. The molecule has 0 fully saturated rings. The Morgan fingerprint density at radius 3 is 2.71 bits per heavy atom. The Hall–Kier alpha value is -1.33. The summed E-state index contributed by atoms with van der Waals surface area (Å²) in [7, 11) is -3.14. The predicted octanol–water partition coefficient (Wildman–Crippen LogP) is 4.09. The summed E-state index contributed by atoms with van der Waals surface area (Å²) in [4.78, 5) is 0.456. The third kappa shape index (κ3) is 2.72. The minimum absolute atomic E-state index is 0.0165. The number of benzene rings is 2. The van der Waals surface area contributed by atoms with Gasteiger partial charge in [0, 0.05) is 10.2 Å². The van der Waals surface area contributed by atoms with Crippen LogP contribution in [-0.2, 0) is 9.84 Å². The quantitative estimate of drug-likeness (QED) is 0.871. The van der Waals surface area contributed by atoms with Crippen molar-refractivity contribution < 1.29 is 8.42 Å². The minimum Gasteiger partial charge on any atom is -0.377 e. The lowest BCUT2D eigenvalue weighted by Gasteiger charge is -2.27. The summed E-state index contributed by atoms with van der Waals surface area (Å²) in [5, 5.41) is 3.47. The van der Waals surface area contributed by atoms with Crippen molar-refractivity contribution in [2.75, 3.05) is 11.1 Å². The van der Waals surface area contributed by atoms with Gasteiger partial charge in [-0.15, -0.1) is 0 Å². The van der Waals surface area contributed by atoms with Gasteiger partial charge in [0.2, 0.25) is 0 Å². The maximum absolute atomic E-state index is 12.2. The first-order valence-corrected chi connectivity index (χ1v) is 9.27. The molecule has 0 amide bonds. The number of halogens is 1. The van der Waals surface area contributed by atoms with Crippen LogP contribution < -0.4 is 5.32 Å². The molecule has 0 aliphatic carbocycles. The molecule has 5 heteroatoms. The zero-order valence-electron chi connectivity index (χ0n) is 11.6. The average molecular weight is 366 g/mol. The number of aryl methyl sites for hydroxylation is 1. The first-order valence-electron chi connectivity index (χ1n) is 6.82. The van der Waals surface area contributed by atoms with Crippen molar-refractivity contribution in [3.05, 3.63) is 58.1 Å². The van der Waals surface area contributed by atoms with Gasteiger partial charge in [0.15, 0.2) is 9.84 Å². The molecule has 0 radical (unpaired) electrons. The molecule has 0 saturated carbocycles. The van der Waals surface area contributed by atoms with Crippen LogP contribution in [0.25, 0.3) is 0 Å². The lowest BCUT2D eigenvalue weighted by Crippen LogP contribution is -2.24. The van der Waals surface area contributed by atoms with Gasteiger partial charge >= 0.3 is 0 Å². The van der Waals surface area contributed by atoms with Gasteiger partial charge in [-0.2, -0.15) is 0 Å². The minimum atomic E-state index is -3.14. The molecule has 1 atom stereocenters. The van der Waals surface area contributed by atoms with Gasteiger partial charge in [0.1, 0.15) is 0 Å². The summed E-state index contributed by atoms with van der Waals surface area (Å²) in [5.74, 6) is 0.186. The van der Waals surface area contributed by atoms with E-state index in [2.05, 4.69) is 21.2 Å². The molecule has 0 aromatic heterocycles. The van der Waals surface area contributed by atoms with Gasteiger partial charge in [-0.25, -0.2) is 8.42 Å². The van der Waals surface area contributed by atoms with Crippen LogP contribution in [0.2, 0.25) is 0 Å². The Morgan fingerprint density at radius 1 is 1.14 bits per heavy atom. The molecule has 2 aromatic rings. The second-order valence-corrected chi connectivity index (χ2v) is 8.15. The highest BCUT2D eigenvalue weighted by molar-refractivity contribution is 9.10. The van der Waals surface area contributed by atoms with E-state index in [9.17, 15) is 8.42 Å². The highest BCUT2D eigenvalue weighted by Crippen LogP contribution is 2.36. The Balaban J connectivity index is 2.00. The Kier molecular flexibility index (Phi) is 3.80. The first kappa shape index (κ1) is 14.6. The molecule has 3 nitrogen and oxygen atoms in total. The molecular weight excluding hydrogens is 350 g/mol. The number of nitrogens with one attached hydrogen (secondary N) is 1. The Labute approximate surface area is 133 Å². The first-order chi connectivity index (χ1) is 9.99. The largest absolute Gasteiger partial charge is 0.377 e. The number of sulfone groups is 1. The number of rotatable bonds is 2. The molecule has 2 aromatic carbocycles. The Bertz CT molecular complexity index is 787. The summed E-state index contributed by atoms with van der Waals surface area (Å²) in [6.07, 6.45) is 0.583. The molecule has 1 aliphatic rings. The van der Waals surface area contributed by atoms with Crippen LogP contribution in [0.5, 0.6) is 0 Å². The molecule has 1 aliphatic heterocycles. The fourth-order valence-corrected chi connectivity index (χ4v) is 4.69. The second kappa shape index (κ2) is 5.46. The monoisotopic (exact) mass is 365 g/mol. The molecule has 0 bridgehead atoms. The van der Waals surface area contributed by atoms with Gasteiger partial charge in [0.25, 0.3) is 0 Å². The van der Waals surface area contributed by atoms with E-state index in [4.69, 9.17) is 0 Å². The highest BCUT2D eigenvalue weighted by atomic mass is 79.9. The molecular formula is C16H16BrNO2S. The molecule has 3 rings (SSSR count). The molecule has 110 valence electrons. The van der Waals surface area contributed by atoms with Crippen molar-refractivity contribution in [3.63, 3.8) is 0 Å². The fraction of sp³-hybridized carbons (Fsp3) is 0.250. The number of fused-ring (bicyclic) bond motifs is 1. The lowest BCUT2D eigenvalue weighted by molar-refractivity contribution is 0.576. The van der Waals surface area contributed by atoms with Crippen LogP contribution >= 0.6 is 15.9 Å². The smallest absolute Gasteiger partial charge is 0.178 e. The van der Waals surface area contributed by atoms with Gasteiger partial charge in [-0.05, 0) is 52.5 Å². The predicted molar refractivity (Wildman–Crippen MR) is 88.4 cm³/mol. The van der Waals surface area contributed by atoms with Crippen LogP contribution in [0.1, 0.15) is 23.6 Å². The highest BCUT2D eigenvalue weighted by Gasteiger charge is 2.30. The summed E-state index contributed by atoms with van der Waals surface area (Å²) in [6, 6.07) is 13.3. The van der Waals surface area contributed by atoms with Crippen LogP contribution in [0.4, 0.5) is 5.69 Å². The van der Waals surface area contributed by atoms with E-state index in [0.717, 1.165) is 21.3 Å². The van der Waals surface area contributed by atoms with Crippen LogP contribution in [0, 0.1) is 6.92 Å². The molecule has 1 heterocycles. The third-order valence-electron chi connectivity index (χ3n) is 3.83. The van der Waals surface area contributed by atoms with Gasteiger partial charge in [-0.1, -0.05) is 30.3 Å². The van der Waals surface area contributed by atoms with E-state index in [-0.39, 0.29) is 11.8 Å². The average Bonchev–Trinajstić information content (AvgIpc) is 2.47. The molecule has 1 unspecified atom stereocenters. The summed E-state index contributed by atoms with van der Waals surface area (Å²) in [5.41, 5.74) is 3.00. The Morgan fingerprint density at radius 2 is 1.90 bits per heavy atom. The van der Waals surface area contributed by atoms with Crippen LogP contribution in [0.3, 0.4) is 0 Å². The van der Waals surface area contributed by atoms with Gasteiger partial charge in [0.05, 0.1) is 16.7 Å². The topological polar surface area (TPSA) is 46.2 Å². The van der Waals surface area contributed by atoms with Crippen molar-refractivity contribution in [1.29, 1.82) is 0 Å². The number of hydrogen-bond donors (Lipinski definition) is 1. The van der Waals surface area contributed by atoms with E-state index in [0.29, 0.717) is 11.3 Å². The van der Waals surface area contributed by atoms with Crippen molar-refractivity contribution in [3.8, 4) is 0 Å².